The van der Waals surface area contributed by atoms with Gasteiger partial charge in [-0.25, -0.2) is 13.6 Å². The van der Waals surface area contributed by atoms with E-state index in [-0.39, 0.29) is 17.8 Å². The zero-order chi connectivity index (χ0) is 21.3. The van der Waals surface area contributed by atoms with Crippen LogP contribution in [0.4, 0.5) is 13.6 Å². The van der Waals surface area contributed by atoms with Crippen molar-refractivity contribution < 1.29 is 18.4 Å². The first-order chi connectivity index (χ1) is 14.5. The van der Waals surface area contributed by atoms with Crippen molar-refractivity contribution in [2.24, 2.45) is 0 Å². The zero-order valence-electron chi connectivity index (χ0n) is 16.1. The van der Waals surface area contributed by atoms with Gasteiger partial charge in [-0.2, -0.15) is 0 Å². The first kappa shape index (κ1) is 21.0. The predicted octanol–water partition coefficient (Wildman–Crippen LogP) is 3.89. The lowest BCUT2D eigenvalue weighted by atomic mass is 10.1. The molecule has 3 N–H and O–H groups in total. The van der Waals surface area contributed by atoms with Gasteiger partial charge >= 0.3 is 6.03 Å². The van der Waals surface area contributed by atoms with Crippen LogP contribution in [0, 0.1) is 11.6 Å². The summed E-state index contributed by atoms with van der Waals surface area (Å²) in [6, 6.07) is 18.3. The number of hydrogen-bond acceptors (Lipinski definition) is 2. The fourth-order valence-corrected chi connectivity index (χ4v) is 2.76. The maximum atomic E-state index is 12.9. The summed E-state index contributed by atoms with van der Waals surface area (Å²) < 4.78 is 25.8. The summed E-state index contributed by atoms with van der Waals surface area (Å²) in [5, 5.41) is 8.25. The summed E-state index contributed by atoms with van der Waals surface area (Å²) in [5.41, 5.74) is 2.93. The molecule has 3 aromatic carbocycles. The molecule has 5 nitrogen and oxygen atoms in total. The number of nitrogens with one attached hydrogen (secondary N) is 3. The van der Waals surface area contributed by atoms with Crippen LogP contribution in [0.3, 0.4) is 0 Å². The maximum absolute atomic E-state index is 12.9. The van der Waals surface area contributed by atoms with E-state index in [1.54, 1.807) is 12.1 Å². The van der Waals surface area contributed by atoms with E-state index in [1.165, 1.54) is 36.4 Å². The van der Waals surface area contributed by atoms with Crippen molar-refractivity contribution in [1.82, 2.24) is 16.0 Å². The second-order valence-corrected chi connectivity index (χ2v) is 6.67. The summed E-state index contributed by atoms with van der Waals surface area (Å²) in [6.45, 7) is 0.914. The average molecular weight is 409 g/mol. The summed E-state index contributed by atoms with van der Waals surface area (Å²) in [4.78, 5) is 24.1. The molecular formula is C23H21F2N3O2. The fraction of sp³-hybridized carbons (Fsp3) is 0.130. The van der Waals surface area contributed by atoms with Crippen LogP contribution in [-0.4, -0.2) is 11.9 Å². The van der Waals surface area contributed by atoms with Gasteiger partial charge in [-0.15, -0.1) is 0 Å². The monoisotopic (exact) mass is 409 g/mol. The highest BCUT2D eigenvalue weighted by atomic mass is 19.1. The molecule has 0 radical (unpaired) electrons. The molecule has 0 bridgehead atoms. The summed E-state index contributed by atoms with van der Waals surface area (Å²) in [7, 11) is 0. The molecule has 0 saturated carbocycles. The highest BCUT2D eigenvalue weighted by Gasteiger charge is 2.06. The first-order valence-corrected chi connectivity index (χ1v) is 9.37. The van der Waals surface area contributed by atoms with Crippen LogP contribution in [0.2, 0.25) is 0 Å². The van der Waals surface area contributed by atoms with Gasteiger partial charge in [0, 0.05) is 25.2 Å². The molecule has 0 aliphatic heterocycles. The number of halogens is 2. The molecular weight excluding hydrogens is 388 g/mol. The van der Waals surface area contributed by atoms with Crippen LogP contribution in [0.25, 0.3) is 0 Å². The van der Waals surface area contributed by atoms with Gasteiger partial charge in [0.25, 0.3) is 5.91 Å². The SMILES string of the molecule is O=C(NCc1ccc(F)cc1)NCc1cccc(CNC(=O)c2ccc(F)cc2)c1. The molecule has 0 aliphatic rings. The van der Waals surface area contributed by atoms with Gasteiger partial charge in [0.05, 0.1) is 0 Å². The average Bonchev–Trinajstić information content (AvgIpc) is 2.76. The minimum atomic E-state index is -0.395. The Morgan fingerprint density at radius 3 is 1.73 bits per heavy atom. The zero-order valence-corrected chi connectivity index (χ0v) is 16.1. The minimum absolute atomic E-state index is 0.293. The van der Waals surface area contributed by atoms with Crippen molar-refractivity contribution in [2.45, 2.75) is 19.6 Å². The summed E-state index contributed by atoms with van der Waals surface area (Å²) in [5.74, 6) is -1.01. The van der Waals surface area contributed by atoms with E-state index in [0.29, 0.717) is 25.2 Å². The molecule has 0 unspecified atom stereocenters. The Balaban J connectivity index is 1.45. The molecule has 0 aromatic heterocycles. The van der Waals surface area contributed by atoms with Crippen LogP contribution in [-0.2, 0) is 19.6 Å². The number of amides is 3. The lowest BCUT2D eigenvalue weighted by Gasteiger charge is -2.10. The predicted molar refractivity (Wildman–Crippen MR) is 109 cm³/mol. The van der Waals surface area contributed by atoms with Crippen molar-refractivity contribution in [3.05, 3.63) is 107 Å². The largest absolute Gasteiger partial charge is 0.348 e. The van der Waals surface area contributed by atoms with Crippen molar-refractivity contribution in [1.29, 1.82) is 0 Å². The van der Waals surface area contributed by atoms with Crippen molar-refractivity contribution in [2.75, 3.05) is 0 Å². The standard InChI is InChI=1S/C23H21F2N3O2/c24-20-8-4-16(5-9-20)13-27-23(30)28-15-18-3-1-2-17(12-18)14-26-22(29)19-6-10-21(25)11-7-19/h1-12H,13-15H2,(H,26,29)(H2,27,28,30). The highest BCUT2D eigenvalue weighted by molar-refractivity contribution is 5.94. The van der Waals surface area contributed by atoms with E-state index in [9.17, 15) is 18.4 Å². The Bertz CT molecular complexity index is 1010. The summed E-state index contributed by atoms with van der Waals surface area (Å²) >= 11 is 0. The van der Waals surface area contributed by atoms with E-state index in [1.807, 2.05) is 24.3 Å². The van der Waals surface area contributed by atoms with E-state index in [2.05, 4.69) is 16.0 Å². The van der Waals surface area contributed by atoms with E-state index in [0.717, 1.165) is 16.7 Å². The lowest BCUT2D eigenvalue weighted by molar-refractivity contribution is 0.0951. The molecule has 3 aromatic rings. The molecule has 0 saturated heterocycles. The Morgan fingerprint density at radius 2 is 1.13 bits per heavy atom. The maximum Gasteiger partial charge on any atom is 0.315 e. The molecule has 3 amide bonds. The Labute approximate surface area is 173 Å². The smallest absolute Gasteiger partial charge is 0.315 e. The Kier molecular flexibility index (Phi) is 7.10. The molecule has 154 valence electrons. The number of carbonyl (C=O) groups is 2. The van der Waals surface area contributed by atoms with Crippen molar-refractivity contribution in [3.8, 4) is 0 Å². The fourth-order valence-electron chi connectivity index (χ4n) is 2.76. The molecule has 0 aliphatic carbocycles. The third-order valence-electron chi connectivity index (χ3n) is 4.37. The number of carbonyl (C=O) groups excluding carboxylic acids is 2. The third kappa shape index (κ3) is 6.41. The van der Waals surface area contributed by atoms with E-state index >= 15 is 0 Å². The van der Waals surface area contributed by atoms with Crippen molar-refractivity contribution in [3.63, 3.8) is 0 Å². The van der Waals surface area contributed by atoms with Crippen LogP contribution in [0.1, 0.15) is 27.0 Å². The number of rotatable bonds is 7. The molecule has 30 heavy (non-hydrogen) atoms. The lowest BCUT2D eigenvalue weighted by Crippen LogP contribution is -2.34. The van der Waals surface area contributed by atoms with Gasteiger partial charge in [-0.3, -0.25) is 4.79 Å². The van der Waals surface area contributed by atoms with Gasteiger partial charge in [-0.1, -0.05) is 36.4 Å². The normalized spacial score (nSPS) is 10.3. The first-order valence-electron chi connectivity index (χ1n) is 9.37. The van der Waals surface area contributed by atoms with Crippen LogP contribution in [0.5, 0.6) is 0 Å². The van der Waals surface area contributed by atoms with Gasteiger partial charge < -0.3 is 16.0 Å². The third-order valence-corrected chi connectivity index (χ3v) is 4.37. The number of benzene rings is 3. The number of hydrogen-bond donors (Lipinski definition) is 3. The van der Waals surface area contributed by atoms with Gasteiger partial charge in [0.1, 0.15) is 11.6 Å². The van der Waals surface area contributed by atoms with Crippen molar-refractivity contribution >= 4 is 11.9 Å². The molecule has 7 heteroatoms. The Hall–Kier alpha value is -3.74. The second-order valence-electron chi connectivity index (χ2n) is 6.67. The van der Waals surface area contributed by atoms with E-state index < -0.39 is 5.82 Å². The van der Waals surface area contributed by atoms with E-state index in [4.69, 9.17) is 0 Å². The van der Waals surface area contributed by atoms with Gasteiger partial charge in [0.15, 0.2) is 0 Å². The molecule has 3 rings (SSSR count). The molecule has 0 spiro atoms. The quantitative estimate of drug-likeness (QED) is 0.554. The topological polar surface area (TPSA) is 70.2 Å². The van der Waals surface area contributed by atoms with Crippen LogP contribution >= 0.6 is 0 Å². The van der Waals surface area contributed by atoms with Gasteiger partial charge in [0.2, 0.25) is 0 Å². The van der Waals surface area contributed by atoms with Gasteiger partial charge in [-0.05, 0) is 53.1 Å². The molecule has 0 heterocycles. The molecule has 0 fully saturated rings. The number of urea groups is 1. The molecule has 0 atom stereocenters. The van der Waals surface area contributed by atoms with Crippen LogP contribution in [0.15, 0.2) is 72.8 Å². The Morgan fingerprint density at radius 1 is 0.633 bits per heavy atom. The highest BCUT2D eigenvalue weighted by Crippen LogP contribution is 2.07. The minimum Gasteiger partial charge on any atom is -0.348 e. The second kappa shape index (κ2) is 10.2. The summed E-state index contributed by atoms with van der Waals surface area (Å²) in [6.07, 6.45) is 0. The van der Waals surface area contributed by atoms with Crippen LogP contribution < -0.4 is 16.0 Å².